The van der Waals surface area contributed by atoms with Crippen LogP contribution in [-0.2, 0) is 32.3 Å². The van der Waals surface area contributed by atoms with Crippen molar-refractivity contribution < 1.29 is 31.2 Å². The number of carbonyl (C=O) groups is 2. The molecule has 1 N–H and O–H groups in total. The Bertz CT molecular complexity index is 1520. The van der Waals surface area contributed by atoms with Gasteiger partial charge in [-0.2, -0.15) is 13.2 Å². The second-order valence-electron chi connectivity index (χ2n) is 10.9. The zero-order chi connectivity index (χ0) is 31.5. The van der Waals surface area contributed by atoms with Crippen molar-refractivity contribution in [3.05, 3.63) is 94.5 Å². The summed E-state index contributed by atoms with van der Waals surface area (Å²) < 4.78 is 69.1. The average molecular weight is 624 g/mol. The lowest BCUT2D eigenvalue weighted by molar-refractivity contribution is -0.140. The van der Waals surface area contributed by atoms with Crippen LogP contribution >= 0.6 is 11.6 Å². The predicted octanol–water partition coefficient (Wildman–Crippen LogP) is 6.19. The first-order valence-electron chi connectivity index (χ1n) is 13.0. The molecule has 42 heavy (non-hydrogen) atoms. The van der Waals surface area contributed by atoms with Gasteiger partial charge < -0.3 is 10.2 Å². The maximum Gasteiger partial charge on any atom is 0.416 e. The SMILES string of the molecule is Cc1ccc(CN(C(=O)CN(c2cc(C(F)(F)F)ccc2Cl)S(=O)(=O)c2ccccc2)[C@@H](C)C(=O)NC(C)(C)C)cc1. The molecule has 3 aromatic carbocycles. The molecular formula is C30H33ClF3N3O4S. The highest BCUT2D eigenvalue weighted by atomic mass is 35.5. The van der Waals surface area contributed by atoms with Crippen LogP contribution in [0.3, 0.4) is 0 Å². The van der Waals surface area contributed by atoms with E-state index < -0.39 is 57.4 Å². The molecule has 1 atom stereocenters. The van der Waals surface area contributed by atoms with Crippen LogP contribution in [-0.4, -0.2) is 43.3 Å². The minimum absolute atomic E-state index is 0.0621. The second-order valence-corrected chi connectivity index (χ2v) is 13.2. The quantitative estimate of drug-likeness (QED) is 0.308. The lowest BCUT2D eigenvalue weighted by Gasteiger charge is -2.33. The normalized spacial score (nSPS) is 12.9. The lowest BCUT2D eigenvalue weighted by Crippen LogP contribution is -2.54. The Morgan fingerprint density at radius 2 is 1.55 bits per heavy atom. The van der Waals surface area contributed by atoms with Gasteiger partial charge in [-0.15, -0.1) is 0 Å². The zero-order valence-corrected chi connectivity index (χ0v) is 25.4. The van der Waals surface area contributed by atoms with Crippen LogP contribution in [0.25, 0.3) is 0 Å². The highest BCUT2D eigenvalue weighted by molar-refractivity contribution is 7.92. The summed E-state index contributed by atoms with van der Waals surface area (Å²) in [6.07, 6.45) is -4.80. The third kappa shape index (κ3) is 8.25. The predicted molar refractivity (Wildman–Crippen MR) is 157 cm³/mol. The monoisotopic (exact) mass is 623 g/mol. The summed E-state index contributed by atoms with van der Waals surface area (Å²) in [6.45, 7) is 7.72. The second kappa shape index (κ2) is 12.7. The number of nitrogens with zero attached hydrogens (tertiary/aromatic N) is 2. The van der Waals surface area contributed by atoms with Gasteiger partial charge in [0.1, 0.15) is 12.6 Å². The van der Waals surface area contributed by atoms with Gasteiger partial charge in [-0.1, -0.05) is 59.6 Å². The third-order valence-electron chi connectivity index (χ3n) is 6.29. The highest BCUT2D eigenvalue weighted by Crippen LogP contribution is 2.37. The maximum absolute atomic E-state index is 14.0. The van der Waals surface area contributed by atoms with Crippen molar-refractivity contribution in [2.45, 2.75) is 63.8 Å². The maximum atomic E-state index is 14.0. The largest absolute Gasteiger partial charge is 0.416 e. The van der Waals surface area contributed by atoms with E-state index in [0.717, 1.165) is 17.7 Å². The van der Waals surface area contributed by atoms with Gasteiger partial charge in [-0.25, -0.2) is 8.42 Å². The Morgan fingerprint density at radius 3 is 2.10 bits per heavy atom. The van der Waals surface area contributed by atoms with E-state index in [4.69, 9.17) is 11.6 Å². The minimum atomic E-state index is -4.80. The Labute approximate surface area is 249 Å². The van der Waals surface area contributed by atoms with Gasteiger partial charge in [0.25, 0.3) is 10.0 Å². The standard InChI is InChI=1S/C30H33ClF3N3O4S/c1-20-11-13-22(14-12-20)18-36(21(2)28(39)35-29(3,4)5)27(38)19-37(42(40,41)24-9-7-6-8-10-24)26-17-23(30(32,33)34)15-16-25(26)31/h6-17,21H,18-19H2,1-5H3,(H,35,39)/t21-/m0/s1. The summed E-state index contributed by atoms with van der Waals surface area (Å²) in [6, 6.07) is 15.4. The first-order valence-corrected chi connectivity index (χ1v) is 14.8. The van der Waals surface area contributed by atoms with Crippen molar-refractivity contribution in [1.29, 1.82) is 0 Å². The van der Waals surface area contributed by atoms with E-state index in [9.17, 15) is 31.2 Å². The van der Waals surface area contributed by atoms with Crippen molar-refractivity contribution in [3.8, 4) is 0 Å². The number of anilines is 1. The topological polar surface area (TPSA) is 86.8 Å². The van der Waals surface area contributed by atoms with Gasteiger partial charge in [0.15, 0.2) is 0 Å². The fraction of sp³-hybridized carbons (Fsp3) is 0.333. The smallest absolute Gasteiger partial charge is 0.350 e. The minimum Gasteiger partial charge on any atom is -0.350 e. The molecule has 0 saturated carbocycles. The molecule has 0 aliphatic heterocycles. The van der Waals surface area contributed by atoms with Crippen molar-refractivity contribution in [2.75, 3.05) is 10.8 Å². The number of hydrogen-bond acceptors (Lipinski definition) is 4. The van der Waals surface area contributed by atoms with Crippen LogP contribution < -0.4 is 9.62 Å². The molecule has 3 aromatic rings. The van der Waals surface area contributed by atoms with Gasteiger partial charge in [-0.05, 0) is 70.5 Å². The summed E-state index contributed by atoms with van der Waals surface area (Å²) >= 11 is 6.27. The van der Waals surface area contributed by atoms with E-state index in [1.807, 2.05) is 19.1 Å². The van der Waals surface area contributed by atoms with Gasteiger partial charge in [0.2, 0.25) is 11.8 Å². The number of halogens is 4. The number of alkyl halides is 3. The number of benzene rings is 3. The van der Waals surface area contributed by atoms with Crippen LogP contribution in [0, 0.1) is 6.92 Å². The molecular weight excluding hydrogens is 591 g/mol. The average Bonchev–Trinajstić information content (AvgIpc) is 2.90. The summed E-state index contributed by atoms with van der Waals surface area (Å²) in [5.41, 5.74) is -0.658. The summed E-state index contributed by atoms with van der Waals surface area (Å²) in [5, 5.41) is 2.51. The number of carbonyl (C=O) groups excluding carboxylic acids is 2. The number of aryl methyl sites for hydroxylation is 1. The molecule has 0 aliphatic rings. The molecule has 2 amide bonds. The Kier molecular flexibility index (Phi) is 10.00. The molecule has 0 bridgehead atoms. The number of rotatable bonds is 9. The Balaban J connectivity index is 2.13. The van der Waals surface area contributed by atoms with E-state index in [1.165, 1.54) is 36.1 Å². The number of amides is 2. The van der Waals surface area contributed by atoms with Crippen molar-refractivity contribution in [3.63, 3.8) is 0 Å². The Hall–Kier alpha value is -3.57. The molecule has 0 spiro atoms. The molecule has 7 nitrogen and oxygen atoms in total. The molecule has 0 unspecified atom stereocenters. The number of nitrogens with one attached hydrogen (secondary N) is 1. The van der Waals surface area contributed by atoms with Crippen LogP contribution in [0.5, 0.6) is 0 Å². The van der Waals surface area contributed by atoms with Crippen molar-refractivity contribution >= 4 is 39.1 Å². The van der Waals surface area contributed by atoms with Crippen molar-refractivity contribution in [2.24, 2.45) is 0 Å². The number of hydrogen-bond donors (Lipinski definition) is 1. The molecule has 3 rings (SSSR count). The highest BCUT2D eigenvalue weighted by Gasteiger charge is 2.36. The van der Waals surface area contributed by atoms with Crippen LogP contribution in [0.1, 0.15) is 44.4 Å². The number of sulfonamides is 1. The van der Waals surface area contributed by atoms with Crippen LogP contribution in [0.15, 0.2) is 77.7 Å². The van der Waals surface area contributed by atoms with E-state index in [0.29, 0.717) is 15.9 Å². The first-order chi connectivity index (χ1) is 19.4. The summed E-state index contributed by atoms with van der Waals surface area (Å²) in [4.78, 5) is 28.0. The van der Waals surface area contributed by atoms with Crippen molar-refractivity contribution in [1.82, 2.24) is 10.2 Å². The summed E-state index contributed by atoms with van der Waals surface area (Å²) in [5.74, 6) is -1.31. The molecule has 0 radical (unpaired) electrons. The molecule has 0 heterocycles. The van der Waals surface area contributed by atoms with E-state index in [-0.39, 0.29) is 16.5 Å². The van der Waals surface area contributed by atoms with Gasteiger partial charge in [-0.3, -0.25) is 13.9 Å². The van der Waals surface area contributed by atoms with E-state index >= 15 is 0 Å². The Morgan fingerprint density at radius 1 is 0.952 bits per heavy atom. The summed E-state index contributed by atoms with van der Waals surface area (Å²) in [7, 11) is -4.59. The lowest BCUT2D eigenvalue weighted by atomic mass is 10.1. The van der Waals surface area contributed by atoms with Crippen LogP contribution in [0.4, 0.5) is 18.9 Å². The molecule has 226 valence electrons. The molecule has 0 saturated heterocycles. The molecule has 12 heteroatoms. The fourth-order valence-corrected chi connectivity index (χ4v) is 5.78. The first kappa shape index (κ1) is 32.9. The van der Waals surface area contributed by atoms with Gasteiger partial charge >= 0.3 is 6.18 Å². The third-order valence-corrected chi connectivity index (χ3v) is 8.38. The fourth-order valence-electron chi connectivity index (χ4n) is 4.06. The molecule has 0 fully saturated rings. The van der Waals surface area contributed by atoms with E-state index in [1.54, 1.807) is 39.0 Å². The van der Waals surface area contributed by atoms with Crippen LogP contribution in [0.2, 0.25) is 5.02 Å². The zero-order valence-electron chi connectivity index (χ0n) is 23.9. The van der Waals surface area contributed by atoms with E-state index in [2.05, 4.69) is 5.32 Å². The van der Waals surface area contributed by atoms with Gasteiger partial charge in [0.05, 0.1) is 21.2 Å². The molecule has 0 aromatic heterocycles. The molecule has 0 aliphatic carbocycles. The van der Waals surface area contributed by atoms with Gasteiger partial charge in [0, 0.05) is 12.1 Å².